The zero-order valence-corrected chi connectivity index (χ0v) is 26.1. The van der Waals surface area contributed by atoms with Crippen molar-refractivity contribution >= 4 is 72.2 Å². The average Bonchev–Trinajstić information content (AvgIpc) is 3.61. The van der Waals surface area contributed by atoms with Crippen LogP contribution in [0.15, 0.2) is 17.4 Å². The normalized spacial score (nSPS) is 23.6. The number of nitrogens with one attached hydrogen (secondary N) is 1. The number of nitrogens with zero attached hydrogens (tertiary/aromatic N) is 7. The van der Waals surface area contributed by atoms with Crippen molar-refractivity contribution in [2.24, 2.45) is 0 Å². The van der Waals surface area contributed by atoms with E-state index in [1.807, 2.05) is 0 Å². The minimum Gasteiger partial charge on any atom is -0.382 e. The van der Waals surface area contributed by atoms with Crippen molar-refractivity contribution in [2.75, 3.05) is 25.2 Å². The Morgan fingerprint density at radius 2 is 1.88 bits per heavy atom. The van der Waals surface area contributed by atoms with E-state index in [9.17, 15) is 13.9 Å². The molecule has 1 fully saturated rings. The molecule has 0 amide bonds. The molecule has 5 heterocycles. The first-order chi connectivity index (χ1) is 20.3. The maximum atomic E-state index is 15.3. The average molecular weight is 681 g/mol. The number of anilines is 2. The van der Waals surface area contributed by atoms with E-state index in [0.717, 1.165) is 0 Å². The molecule has 6 atom stereocenters. The summed E-state index contributed by atoms with van der Waals surface area (Å²) < 4.78 is 70.1. The molecule has 0 aliphatic carbocycles. The monoisotopic (exact) mass is 680 g/mol. The summed E-state index contributed by atoms with van der Waals surface area (Å²) in [7, 11) is 1.21. The Hall–Kier alpha value is -2.61. The number of ether oxygens (including phenoxy) is 1. The van der Waals surface area contributed by atoms with E-state index in [-0.39, 0.29) is 47.4 Å². The van der Waals surface area contributed by atoms with Crippen LogP contribution in [0.25, 0.3) is 22.3 Å². The van der Waals surface area contributed by atoms with Crippen molar-refractivity contribution in [1.29, 1.82) is 0 Å². The number of fused-ring (bicyclic) bond motifs is 2. The predicted octanol–water partition coefficient (Wildman–Crippen LogP) is 2.41. The number of aromatic nitrogens is 8. The van der Waals surface area contributed by atoms with Crippen molar-refractivity contribution in [1.82, 2.24) is 39.0 Å². The highest BCUT2D eigenvalue weighted by atomic mass is 32.7. The van der Waals surface area contributed by atoms with Gasteiger partial charge in [-0.2, -0.15) is 4.98 Å². The highest BCUT2D eigenvalue weighted by molar-refractivity contribution is 8.44. The molecule has 5 N–H and O–H groups in total. The van der Waals surface area contributed by atoms with Gasteiger partial charge in [-0.15, -0.1) is 0 Å². The van der Waals surface area contributed by atoms with Gasteiger partial charge in [-0.25, -0.2) is 33.5 Å². The molecule has 0 spiro atoms. The molecule has 0 radical (unpaired) electrons. The number of hydrogen-bond donors (Lipinski definition) is 5. The predicted molar refractivity (Wildman–Crippen MR) is 157 cm³/mol. The molecule has 5 rings (SSSR count). The van der Waals surface area contributed by atoms with E-state index in [1.54, 1.807) is 4.57 Å². The lowest BCUT2D eigenvalue weighted by Gasteiger charge is -2.24. The van der Waals surface area contributed by atoms with Crippen LogP contribution < -0.4 is 17.0 Å². The van der Waals surface area contributed by atoms with Gasteiger partial charge in [-0.05, 0) is 13.3 Å². The number of nitrogens with two attached hydrogens (primary N) is 2. The summed E-state index contributed by atoms with van der Waals surface area (Å²) in [4.78, 5) is 35.1. The summed E-state index contributed by atoms with van der Waals surface area (Å²) in [5, 5.41) is 0. The third-order valence-corrected chi connectivity index (χ3v) is 9.79. The molecule has 0 aromatic carbocycles. The number of imidazole rings is 2. The summed E-state index contributed by atoms with van der Waals surface area (Å²) in [6.07, 6.45) is -2.77. The van der Waals surface area contributed by atoms with Crippen LogP contribution in [-0.2, 0) is 45.1 Å². The van der Waals surface area contributed by atoms with Crippen molar-refractivity contribution in [3.63, 3.8) is 0 Å². The van der Waals surface area contributed by atoms with E-state index in [0.29, 0.717) is 12.1 Å². The second kappa shape index (κ2) is 12.4. The van der Waals surface area contributed by atoms with Gasteiger partial charge in [0.2, 0.25) is 5.95 Å². The lowest BCUT2D eigenvalue weighted by Crippen LogP contribution is -2.29. The van der Waals surface area contributed by atoms with Gasteiger partial charge < -0.3 is 29.8 Å². The molecule has 18 nitrogen and oxygen atoms in total. The number of nitrogen functional groups attached to an aromatic ring is 2. The number of halogens is 1. The van der Waals surface area contributed by atoms with Gasteiger partial charge in [-0.3, -0.25) is 23.4 Å². The number of thiol groups is 2. The summed E-state index contributed by atoms with van der Waals surface area (Å²) in [5.41, 5.74) is 11.6. The van der Waals surface area contributed by atoms with Gasteiger partial charge in [0.25, 0.3) is 5.56 Å². The van der Waals surface area contributed by atoms with E-state index in [1.165, 1.54) is 31.3 Å². The topological polar surface area (TPSA) is 240 Å². The van der Waals surface area contributed by atoms with Crippen molar-refractivity contribution in [3.8, 4) is 0 Å². The van der Waals surface area contributed by atoms with Gasteiger partial charge >= 0.3 is 13.6 Å². The molecule has 1 saturated heterocycles. The second-order valence-electron chi connectivity index (χ2n) is 9.21. The Morgan fingerprint density at radius 3 is 2.63 bits per heavy atom. The number of H-pyrrole nitrogens is 1. The third kappa shape index (κ3) is 6.74. The lowest BCUT2D eigenvalue weighted by molar-refractivity contribution is -0.0251. The molecule has 0 bridgehead atoms. The Bertz CT molecular complexity index is 1810. The maximum absolute atomic E-state index is 15.3. The van der Waals surface area contributed by atoms with Crippen LogP contribution in [-0.4, -0.2) is 71.1 Å². The number of aryl methyl sites for hydroxylation is 1. The lowest BCUT2D eigenvalue weighted by atomic mass is 10.2. The zero-order valence-electron chi connectivity index (χ0n) is 22.5. The molecule has 0 saturated carbocycles. The molecule has 1 aliphatic rings. The van der Waals surface area contributed by atoms with Crippen molar-refractivity contribution in [2.45, 2.75) is 51.1 Å². The first kappa shape index (κ1) is 31.8. The Balaban J connectivity index is 1.35. The molecular weight excluding hydrogens is 653 g/mol. The SMILES string of the molecule is COP(=O)(S)OCCCn1c(COP(=O)(S)O[C@@H]2[C@H](F)[C@@H](C)O[C@H]2n2cnc3c(=O)[nH]c(N)nc32)nc2c(N)ncnc21. The first-order valence-electron chi connectivity index (χ1n) is 12.5. The minimum absolute atomic E-state index is 0.00669. The number of alkyl halides is 1. The smallest absolute Gasteiger partial charge is 0.382 e. The molecule has 234 valence electrons. The molecule has 2 unspecified atom stereocenters. The van der Waals surface area contributed by atoms with Crippen LogP contribution >= 0.6 is 38.1 Å². The summed E-state index contributed by atoms with van der Waals surface area (Å²) >= 11 is 7.88. The van der Waals surface area contributed by atoms with Crippen LogP contribution in [0, 0.1) is 0 Å². The zero-order chi connectivity index (χ0) is 31.1. The van der Waals surface area contributed by atoms with Crippen molar-refractivity contribution in [3.05, 3.63) is 28.8 Å². The third-order valence-electron chi connectivity index (χ3n) is 6.38. The van der Waals surface area contributed by atoms with Crippen LogP contribution in [0.1, 0.15) is 25.4 Å². The largest absolute Gasteiger partial charge is 0.387 e. The fourth-order valence-corrected chi connectivity index (χ4v) is 6.46. The van der Waals surface area contributed by atoms with Crippen molar-refractivity contribution < 1.29 is 36.4 Å². The minimum atomic E-state index is -4.30. The Kier molecular flexibility index (Phi) is 9.18. The molecule has 4 aromatic heterocycles. The van der Waals surface area contributed by atoms with Gasteiger partial charge in [0, 0.05) is 13.7 Å². The van der Waals surface area contributed by atoms with E-state index < -0.39 is 50.4 Å². The molecule has 43 heavy (non-hydrogen) atoms. The highest BCUT2D eigenvalue weighted by Gasteiger charge is 2.48. The Labute approximate surface area is 252 Å². The maximum Gasteiger partial charge on any atom is 0.387 e. The number of hydrogen-bond acceptors (Lipinski definition) is 15. The Morgan fingerprint density at radius 1 is 1.12 bits per heavy atom. The van der Waals surface area contributed by atoms with Gasteiger partial charge in [-0.1, -0.05) is 24.5 Å². The van der Waals surface area contributed by atoms with Crippen LogP contribution in [0.5, 0.6) is 0 Å². The molecular formula is C20H27FN10O8P2S2. The molecule has 23 heteroatoms. The van der Waals surface area contributed by atoms with Gasteiger partial charge in [0.05, 0.1) is 19.0 Å². The van der Waals surface area contributed by atoms with Crippen LogP contribution in [0.2, 0.25) is 0 Å². The van der Waals surface area contributed by atoms with E-state index >= 15 is 4.39 Å². The first-order valence-corrected chi connectivity index (χ1v) is 17.9. The van der Waals surface area contributed by atoms with Crippen LogP contribution in [0.3, 0.4) is 0 Å². The number of rotatable bonds is 12. The summed E-state index contributed by atoms with van der Waals surface area (Å²) in [6, 6.07) is 0. The molecule has 1 aliphatic heterocycles. The quantitative estimate of drug-likeness (QED) is 0.0820. The highest BCUT2D eigenvalue weighted by Crippen LogP contribution is 2.57. The second-order valence-corrected chi connectivity index (χ2v) is 15.1. The van der Waals surface area contributed by atoms with Gasteiger partial charge in [0.15, 0.2) is 40.5 Å². The van der Waals surface area contributed by atoms with Crippen LogP contribution in [0.4, 0.5) is 16.2 Å². The van der Waals surface area contributed by atoms with E-state index in [4.69, 9.17) is 34.3 Å². The van der Waals surface area contributed by atoms with Gasteiger partial charge in [0.1, 0.15) is 24.9 Å². The molecule has 4 aromatic rings. The fraction of sp³-hybridized carbons (Fsp3) is 0.500. The summed E-state index contributed by atoms with van der Waals surface area (Å²) in [5.74, 6) is 0.109. The number of aromatic amines is 1. The van der Waals surface area contributed by atoms with E-state index in [2.05, 4.69) is 54.4 Å². The standard InChI is InChI=1S/C20H27FN10O8P2S2/c1-9-11(21)14(19(38-9)31-8-26-13-17(31)28-20(23)29-18(13)32)39-41(34,43)37-6-10-27-12-15(22)24-7-25-16(12)30(10)4-3-5-36-40(33,42)35-2/h7-9,11,14,19H,3-6H2,1-2H3,(H,33,42)(H,34,43)(H2,22,24,25)(H3,23,28,29,32)/t9-,11-,14-,19-,40?,41?/m1/s1. The fourth-order valence-electron chi connectivity index (χ4n) is 4.38. The summed E-state index contributed by atoms with van der Waals surface area (Å²) in [6.45, 7) is -6.52.